The number of hydrogen-bond donors (Lipinski definition) is 1. The van der Waals surface area contributed by atoms with Gasteiger partial charge in [-0.25, -0.2) is 8.78 Å². The molecule has 0 heterocycles. The van der Waals surface area contributed by atoms with E-state index in [4.69, 9.17) is 5.73 Å². The Labute approximate surface area is 78.7 Å². The lowest BCUT2D eigenvalue weighted by Gasteiger charge is -2.30. The molecule has 1 saturated carbocycles. The van der Waals surface area contributed by atoms with Crippen molar-refractivity contribution in [3.05, 3.63) is 0 Å². The van der Waals surface area contributed by atoms with Gasteiger partial charge in [0, 0.05) is 12.8 Å². The highest BCUT2D eigenvalue weighted by Crippen LogP contribution is 2.38. The predicted octanol–water partition coefficient (Wildman–Crippen LogP) is 2.80. The normalized spacial score (nSPS) is 30.0. The van der Waals surface area contributed by atoms with E-state index in [0.29, 0.717) is 18.9 Å². The number of alkyl halides is 2. The summed E-state index contributed by atoms with van der Waals surface area (Å²) < 4.78 is 26.0. The fraction of sp³-hybridized carbons (Fsp3) is 1.00. The van der Waals surface area contributed by atoms with Crippen LogP contribution in [-0.4, -0.2) is 12.5 Å². The van der Waals surface area contributed by atoms with Crippen LogP contribution in [0.15, 0.2) is 0 Å². The molecular weight excluding hydrogens is 172 g/mol. The molecule has 2 atom stereocenters. The maximum Gasteiger partial charge on any atom is 0.248 e. The first-order valence-electron chi connectivity index (χ1n) is 5.11. The molecule has 1 fully saturated rings. The van der Waals surface area contributed by atoms with Crippen molar-refractivity contribution < 1.29 is 8.78 Å². The van der Waals surface area contributed by atoms with Crippen LogP contribution in [0.4, 0.5) is 8.78 Å². The molecule has 0 saturated heterocycles. The molecule has 1 nitrogen and oxygen atoms in total. The molecule has 78 valence electrons. The third-order valence-corrected chi connectivity index (χ3v) is 2.88. The van der Waals surface area contributed by atoms with Gasteiger partial charge < -0.3 is 5.73 Å². The van der Waals surface area contributed by atoms with Gasteiger partial charge in [-0.05, 0) is 31.2 Å². The lowest BCUT2D eigenvalue weighted by molar-refractivity contribution is -0.0552. The van der Waals surface area contributed by atoms with Gasteiger partial charge in [0.15, 0.2) is 0 Å². The van der Waals surface area contributed by atoms with E-state index in [1.807, 2.05) is 6.92 Å². The first kappa shape index (κ1) is 10.9. The van der Waals surface area contributed by atoms with Crippen molar-refractivity contribution in [2.45, 2.75) is 45.0 Å². The molecule has 0 amide bonds. The summed E-state index contributed by atoms with van der Waals surface area (Å²) in [6, 6.07) is 0. The minimum absolute atomic E-state index is 0.0807. The lowest BCUT2D eigenvalue weighted by atomic mass is 9.81. The van der Waals surface area contributed by atoms with Gasteiger partial charge >= 0.3 is 0 Å². The average molecular weight is 191 g/mol. The third kappa shape index (κ3) is 3.59. The summed E-state index contributed by atoms with van der Waals surface area (Å²) in [4.78, 5) is 0. The standard InChI is InChI=1S/C10H19F2N/c1-8(7-13)5-9-3-2-4-10(11,12)6-9/h8-9H,2-7,13H2,1H3. The van der Waals surface area contributed by atoms with E-state index >= 15 is 0 Å². The van der Waals surface area contributed by atoms with Crippen molar-refractivity contribution in [2.24, 2.45) is 17.6 Å². The number of hydrogen-bond acceptors (Lipinski definition) is 1. The molecular formula is C10H19F2N. The molecule has 2 unspecified atom stereocenters. The molecule has 1 rings (SSSR count). The van der Waals surface area contributed by atoms with E-state index in [-0.39, 0.29) is 18.8 Å². The van der Waals surface area contributed by atoms with Gasteiger partial charge in [-0.3, -0.25) is 0 Å². The summed E-state index contributed by atoms with van der Waals surface area (Å²) in [6.07, 6.45) is 2.67. The topological polar surface area (TPSA) is 26.0 Å². The Morgan fingerprint density at radius 3 is 2.77 bits per heavy atom. The van der Waals surface area contributed by atoms with Gasteiger partial charge in [-0.15, -0.1) is 0 Å². The highest BCUT2D eigenvalue weighted by molar-refractivity contribution is 4.79. The molecule has 0 aromatic carbocycles. The number of halogens is 2. The van der Waals surface area contributed by atoms with Crippen LogP contribution in [0.1, 0.15) is 39.0 Å². The maximum absolute atomic E-state index is 13.0. The number of nitrogens with two attached hydrogens (primary N) is 1. The molecule has 3 heteroatoms. The van der Waals surface area contributed by atoms with Crippen LogP contribution in [0.25, 0.3) is 0 Å². The van der Waals surface area contributed by atoms with Gasteiger partial charge in [-0.1, -0.05) is 13.3 Å². The van der Waals surface area contributed by atoms with Crippen LogP contribution >= 0.6 is 0 Å². The van der Waals surface area contributed by atoms with E-state index in [0.717, 1.165) is 12.8 Å². The van der Waals surface area contributed by atoms with Crippen molar-refractivity contribution in [3.8, 4) is 0 Å². The molecule has 0 radical (unpaired) electrons. The zero-order valence-corrected chi connectivity index (χ0v) is 8.23. The van der Waals surface area contributed by atoms with Crippen LogP contribution in [-0.2, 0) is 0 Å². The molecule has 1 aliphatic rings. The number of rotatable bonds is 3. The Balaban J connectivity index is 2.34. The molecule has 0 bridgehead atoms. The molecule has 13 heavy (non-hydrogen) atoms. The lowest BCUT2D eigenvalue weighted by Crippen LogP contribution is -2.28. The Morgan fingerprint density at radius 2 is 2.23 bits per heavy atom. The van der Waals surface area contributed by atoms with E-state index in [1.165, 1.54) is 0 Å². The van der Waals surface area contributed by atoms with Crippen molar-refractivity contribution >= 4 is 0 Å². The van der Waals surface area contributed by atoms with Crippen LogP contribution in [0.5, 0.6) is 0 Å². The van der Waals surface area contributed by atoms with Gasteiger partial charge in [0.05, 0.1) is 0 Å². The zero-order chi connectivity index (χ0) is 9.90. The van der Waals surface area contributed by atoms with Crippen LogP contribution < -0.4 is 5.73 Å². The SMILES string of the molecule is CC(CN)CC1CCCC(F)(F)C1. The smallest absolute Gasteiger partial charge is 0.248 e. The van der Waals surface area contributed by atoms with E-state index < -0.39 is 5.92 Å². The second kappa shape index (κ2) is 4.36. The quantitative estimate of drug-likeness (QED) is 0.729. The Bertz CT molecular complexity index is 159. The van der Waals surface area contributed by atoms with Crippen molar-refractivity contribution in [1.82, 2.24) is 0 Å². The molecule has 0 aromatic heterocycles. The first-order valence-corrected chi connectivity index (χ1v) is 5.11. The Hall–Kier alpha value is -0.180. The Morgan fingerprint density at radius 1 is 1.54 bits per heavy atom. The van der Waals surface area contributed by atoms with Crippen molar-refractivity contribution in [3.63, 3.8) is 0 Å². The molecule has 0 aromatic rings. The summed E-state index contributed by atoms with van der Waals surface area (Å²) in [7, 11) is 0. The zero-order valence-electron chi connectivity index (χ0n) is 8.23. The summed E-state index contributed by atoms with van der Waals surface area (Å²) >= 11 is 0. The summed E-state index contributed by atoms with van der Waals surface area (Å²) in [5.74, 6) is -1.82. The van der Waals surface area contributed by atoms with Crippen LogP contribution in [0, 0.1) is 11.8 Å². The largest absolute Gasteiger partial charge is 0.330 e. The van der Waals surface area contributed by atoms with Crippen LogP contribution in [0.3, 0.4) is 0 Å². The van der Waals surface area contributed by atoms with Gasteiger partial charge in [0.1, 0.15) is 0 Å². The van der Waals surface area contributed by atoms with Crippen molar-refractivity contribution in [1.29, 1.82) is 0 Å². The van der Waals surface area contributed by atoms with Crippen LogP contribution in [0.2, 0.25) is 0 Å². The fourth-order valence-corrected chi connectivity index (χ4v) is 2.14. The van der Waals surface area contributed by atoms with E-state index in [1.54, 1.807) is 0 Å². The fourth-order valence-electron chi connectivity index (χ4n) is 2.14. The van der Waals surface area contributed by atoms with E-state index in [9.17, 15) is 8.78 Å². The maximum atomic E-state index is 13.0. The summed E-state index contributed by atoms with van der Waals surface area (Å²) in [5.41, 5.74) is 5.47. The monoisotopic (exact) mass is 191 g/mol. The highest BCUT2D eigenvalue weighted by Gasteiger charge is 2.36. The Kier molecular flexibility index (Phi) is 3.65. The molecule has 1 aliphatic carbocycles. The molecule has 0 spiro atoms. The summed E-state index contributed by atoms with van der Waals surface area (Å²) in [5, 5.41) is 0. The highest BCUT2D eigenvalue weighted by atomic mass is 19.3. The van der Waals surface area contributed by atoms with Crippen molar-refractivity contribution in [2.75, 3.05) is 6.54 Å². The third-order valence-electron chi connectivity index (χ3n) is 2.88. The van der Waals surface area contributed by atoms with E-state index in [2.05, 4.69) is 0 Å². The average Bonchev–Trinajstić information content (AvgIpc) is 2.02. The first-order chi connectivity index (χ1) is 6.03. The minimum atomic E-state index is -2.41. The predicted molar refractivity (Wildman–Crippen MR) is 49.7 cm³/mol. The summed E-state index contributed by atoms with van der Waals surface area (Å²) in [6.45, 7) is 2.65. The molecule has 2 N–H and O–H groups in total. The van der Waals surface area contributed by atoms with Gasteiger partial charge in [-0.2, -0.15) is 0 Å². The van der Waals surface area contributed by atoms with Gasteiger partial charge in [0.2, 0.25) is 5.92 Å². The second-order valence-corrected chi connectivity index (χ2v) is 4.39. The minimum Gasteiger partial charge on any atom is -0.330 e. The second-order valence-electron chi connectivity index (χ2n) is 4.39. The van der Waals surface area contributed by atoms with Gasteiger partial charge in [0.25, 0.3) is 0 Å². The molecule has 0 aliphatic heterocycles.